The van der Waals surface area contributed by atoms with Gasteiger partial charge >= 0.3 is 0 Å². The minimum Gasteiger partial charge on any atom is -0.392 e. The number of hydrogen-bond donors (Lipinski definition) is 1. The summed E-state index contributed by atoms with van der Waals surface area (Å²) in [6.45, 7) is 4.24. The summed E-state index contributed by atoms with van der Waals surface area (Å²) in [4.78, 5) is 2.19. The van der Waals surface area contributed by atoms with Crippen molar-refractivity contribution in [2.45, 2.75) is 26.0 Å². The number of nitrogens with zero attached hydrogens (tertiary/aromatic N) is 1. The Morgan fingerprint density at radius 2 is 2.33 bits per heavy atom. The molecule has 1 N–H and O–H groups in total. The largest absolute Gasteiger partial charge is 0.392 e. The first kappa shape index (κ1) is 10.6. The van der Waals surface area contributed by atoms with Gasteiger partial charge in [-0.1, -0.05) is 12.1 Å². The monoisotopic (exact) mass is 209 g/mol. The molecule has 1 aliphatic rings. The van der Waals surface area contributed by atoms with E-state index < -0.39 is 0 Å². The Balaban J connectivity index is 2.02. The Hall–Kier alpha value is -0.930. The van der Waals surface area contributed by atoms with E-state index in [1.54, 1.807) is 6.92 Å². The second-order valence-corrected chi connectivity index (χ2v) is 4.26. The quantitative estimate of drug-likeness (QED) is 0.801. The van der Waals surface area contributed by atoms with Gasteiger partial charge in [0.05, 0.1) is 6.10 Å². The summed E-state index contributed by atoms with van der Waals surface area (Å²) in [6, 6.07) is 5.20. The molecule has 2 nitrogen and oxygen atoms in total. The number of β-amino-alcohol motifs (C(OH)–C–C–N with tert-alkyl or cyclic N) is 1. The molecule has 3 heteroatoms. The van der Waals surface area contributed by atoms with Crippen LogP contribution in [-0.2, 0) is 6.54 Å². The lowest BCUT2D eigenvalue weighted by Gasteiger charge is -2.15. The SMILES string of the molecule is Cc1cc(CN2CC[C@@H](O)C2)ccc1F. The third-order valence-corrected chi connectivity index (χ3v) is 2.88. The van der Waals surface area contributed by atoms with Crippen LogP contribution in [0.5, 0.6) is 0 Å². The van der Waals surface area contributed by atoms with E-state index in [4.69, 9.17) is 0 Å². The Kier molecular flexibility index (Phi) is 3.03. The van der Waals surface area contributed by atoms with Crippen LogP contribution < -0.4 is 0 Å². The van der Waals surface area contributed by atoms with Gasteiger partial charge in [0.2, 0.25) is 0 Å². The van der Waals surface area contributed by atoms with Crippen LogP contribution in [0.25, 0.3) is 0 Å². The van der Waals surface area contributed by atoms with Crippen molar-refractivity contribution in [3.05, 3.63) is 35.1 Å². The van der Waals surface area contributed by atoms with Gasteiger partial charge in [-0.2, -0.15) is 0 Å². The molecule has 0 bridgehead atoms. The Labute approximate surface area is 89.3 Å². The van der Waals surface area contributed by atoms with Gasteiger partial charge in [0.25, 0.3) is 0 Å². The third kappa shape index (κ3) is 2.55. The van der Waals surface area contributed by atoms with Crippen LogP contribution in [0.2, 0.25) is 0 Å². The third-order valence-electron chi connectivity index (χ3n) is 2.88. The van der Waals surface area contributed by atoms with Crippen LogP contribution in [-0.4, -0.2) is 29.2 Å². The van der Waals surface area contributed by atoms with Gasteiger partial charge in [-0.15, -0.1) is 0 Å². The number of likely N-dealkylation sites (tertiary alicyclic amines) is 1. The van der Waals surface area contributed by atoms with E-state index >= 15 is 0 Å². The number of aryl methyl sites for hydroxylation is 1. The molecule has 1 aromatic rings. The van der Waals surface area contributed by atoms with Gasteiger partial charge in [0.1, 0.15) is 5.82 Å². The van der Waals surface area contributed by atoms with Crippen LogP contribution in [0.3, 0.4) is 0 Å². The number of benzene rings is 1. The summed E-state index contributed by atoms with van der Waals surface area (Å²) in [6.07, 6.45) is 0.659. The Morgan fingerprint density at radius 1 is 1.53 bits per heavy atom. The maximum absolute atomic E-state index is 13.0. The Morgan fingerprint density at radius 3 is 2.93 bits per heavy atom. The number of rotatable bonds is 2. The first-order valence-electron chi connectivity index (χ1n) is 5.30. The summed E-state index contributed by atoms with van der Waals surface area (Å²) in [5, 5.41) is 9.37. The van der Waals surface area contributed by atoms with Crippen molar-refractivity contribution >= 4 is 0 Å². The molecule has 0 saturated carbocycles. The van der Waals surface area contributed by atoms with Gasteiger partial charge in [0, 0.05) is 19.6 Å². The van der Waals surface area contributed by atoms with Crippen LogP contribution in [0, 0.1) is 12.7 Å². The van der Waals surface area contributed by atoms with Crippen LogP contribution in [0.1, 0.15) is 17.5 Å². The van der Waals surface area contributed by atoms with E-state index in [1.165, 1.54) is 6.07 Å². The standard InChI is InChI=1S/C12H16FNO/c1-9-6-10(2-3-12(9)13)7-14-5-4-11(15)8-14/h2-3,6,11,15H,4-5,7-8H2,1H3/t11-/m1/s1. The van der Waals surface area contributed by atoms with Crippen molar-refractivity contribution in [2.75, 3.05) is 13.1 Å². The summed E-state index contributed by atoms with van der Waals surface area (Å²) < 4.78 is 13.0. The molecule has 1 heterocycles. The number of halogens is 1. The summed E-state index contributed by atoms with van der Waals surface area (Å²) in [7, 11) is 0. The van der Waals surface area contributed by atoms with E-state index in [-0.39, 0.29) is 11.9 Å². The molecule has 0 aliphatic carbocycles. The highest BCUT2D eigenvalue weighted by Crippen LogP contribution is 2.15. The molecule has 15 heavy (non-hydrogen) atoms. The molecular weight excluding hydrogens is 193 g/mol. The molecule has 0 spiro atoms. The van der Waals surface area contributed by atoms with Crippen molar-refractivity contribution in [2.24, 2.45) is 0 Å². The number of aliphatic hydroxyl groups is 1. The molecule has 1 fully saturated rings. The van der Waals surface area contributed by atoms with E-state index in [0.29, 0.717) is 5.56 Å². The fourth-order valence-corrected chi connectivity index (χ4v) is 2.02. The molecular formula is C12H16FNO. The highest BCUT2D eigenvalue weighted by atomic mass is 19.1. The fraction of sp³-hybridized carbons (Fsp3) is 0.500. The van der Waals surface area contributed by atoms with E-state index in [0.717, 1.165) is 31.6 Å². The first-order chi connectivity index (χ1) is 7.15. The van der Waals surface area contributed by atoms with Crippen molar-refractivity contribution < 1.29 is 9.50 Å². The lowest BCUT2D eigenvalue weighted by Crippen LogP contribution is -2.21. The average Bonchev–Trinajstić information content (AvgIpc) is 2.58. The molecule has 1 atom stereocenters. The minimum absolute atomic E-state index is 0.153. The van der Waals surface area contributed by atoms with E-state index in [2.05, 4.69) is 4.90 Å². The Bertz CT molecular complexity index is 353. The highest BCUT2D eigenvalue weighted by Gasteiger charge is 2.19. The van der Waals surface area contributed by atoms with Crippen LogP contribution in [0.15, 0.2) is 18.2 Å². The average molecular weight is 209 g/mol. The zero-order valence-corrected chi connectivity index (χ0v) is 8.91. The zero-order chi connectivity index (χ0) is 10.8. The van der Waals surface area contributed by atoms with Crippen molar-refractivity contribution in [1.29, 1.82) is 0 Å². The smallest absolute Gasteiger partial charge is 0.126 e. The molecule has 82 valence electrons. The highest BCUT2D eigenvalue weighted by molar-refractivity contribution is 5.23. The second-order valence-electron chi connectivity index (χ2n) is 4.26. The van der Waals surface area contributed by atoms with Gasteiger partial charge in [-0.25, -0.2) is 4.39 Å². The molecule has 1 aliphatic heterocycles. The van der Waals surface area contributed by atoms with Gasteiger partial charge < -0.3 is 5.11 Å². The van der Waals surface area contributed by atoms with Crippen LogP contribution >= 0.6 is 0 Å². The zero-order valence-electron chi connectivity index (χ0n) is 8.91. The molecule has 0 unspecified atom stereocenters. The molecule has 0 aromatic heterocycles. The maximum atomic E-state index is 13.0. The summed E-state index contributed by atoms with van der Waals surface area (Å²) in [5.41, 5.74) is 1.80. The minimum atomic E-state index is -0.188. The van der Waals surface area contributed by atoms with Gasteiger partial charge in [0.15, 0.2) is 0 Å². The maximum Gasteiger partial charge on any atom is 0.126 e. The molecule has 0 radical (unpaired) electrons. The normalized spacial score (nSPS) is 22.2. The lowest BCUT2D eigenvalue weighted by molar-refractivity contribution is 0.175. The van der Waals surface area contributed by atoms with Gasteiger partial charge in [-0.3, -0.25) is 4.90 Å². The van der Waals surface area contributed by atoms with Gasteiger partial charge in [-0.05, 0) is 30.5 Å². The lowest BCUT2D eigenvalue weighted by atomic mass is 10.1. The molecule has 2 rings (SSSR count). The molecule has 0 amide bonds. The predicted octanol–water partition coefficient (Wildman–Crippen LogP) is 1.70. The van der Waals surface area contributed by atoms with E-state index in [1.807, 2.05) is 12.1 Å². The van der Waals surface area contributed by atoms with Crippen LogP contribution in [0.4, 0.5) is 4.39 Å². The molecule has 1 saturated heterocycles. The topological polar surface area (TPSA) is 23.5 Å². The van der Waals surface area contributed by atoms with Crippen molar-refractivity contribution in [3.8, 4) is 0 Å². The second kappa shape index (κ2) is 4.29. The van der Waals surface area contributed by atoms with Crippen molar-refractivity contribution in [3.63, 3.8) is 0 Å². The van der Waals surface area contributed by atoms with Crippen molar-refractivity contribution in [1.82, 2.24) is 4.90 Å². The summed E-state index contributed by atoms with van der Waals surface area (Å²) in [5.74, 6) is -0.153. The number of hydrogen-bond acceptors (Lipinski definition) is 2. The molecule has 1 aromatic carbocycles. The summed E-state index contributed by atoms with van der Waals surface area (Å²) >= 11 is 0. The predicted molar refractivity (Wildman–Crippen MR) is 57.0 cm³/mol. The van der Waals surface area contributed by atoms with E-state index in [9.17, 15) is 9.50 Å². The first-order valence-corrected chi connectivity index (χ1v) is 5.30. The number of aliphatic hydroxyl groups excluding tert-OH is 1. The fourth-order valence-electron chi connectivity index (χ4n) is 2.02.